The number of nitrogens with two attached hydrogens (primary N) is 1. The molecule has 0 saturated carbocycles. The average Bonchev–Trinajstić information content (AvgIpc) is 2.96. The van der Waals surface area contributed by atoms with Crippen LogP contribution in [0.2, 0.25) is 0 Å². The highest BCUT2D eigenvalue weighted by molar-refractivity contribution is 5.45. The summed E-state index contributed by atoms with van der Waals surface area (Å²) >= 11 is 0. The summed E-state index contributed by atoms with van der Waals surface area (Å²) in [5, 5.41) is 4.35. The van der Waals surface area contributed by atoms with Crippen LogP contribution in [0.15, 0.2) is 30.6 Å². The van der Waals surface area contributed by atoms with E-state index < -0.39 is 0 Å². The Balaban J connectivity index is 2.39. The third kappa shape index (κ3) is 3.34. The van der Waals surface area contributed by atoms with Crippen LogP contribution in [0.1, 0.15) is 30.5 Å². The summed E-state index contributed by atoms with van der Waals surface area (Å²) in [6, 6.07) is 5.44. The first-order valence-electron chi connectivity index (χ1n) is 6.93. The SMILES string of the molecule is CCCn1cc(C(NN)c2cc(OC)ccc2OC)cn1. The first kappa shape index (κ1) is 15.3. The van der Waals surface area contributed by atoms with Crippen LogP contribution in [-0.2, 0) is 6.54 Å². The summed E-state index contributed by atoms with van der Waals surface area (Å²) in [7, 11) is 3.27. The van der Waals surface area contributed by atoms with Gasteiger partial charge in [-0.1, -0.05) is 6.92 Å². The van der Waals surface area contributed by atoms with Crippen LogP contribution in [0.4, 0.5) is 0 Å². The van der Waals surface area contributed by atoms with E-state index in [9.17, 15) is 0 Å². The zero-order valence-corrected chi connectivity index (χ0v) is 12.7. The molecule has 0 bridgehead atoms. The molecule has 1 atom stereocenters. The lowest BCUT2D eigenvalue weighted by Gasteiger charge is -2.18. The lowest BCUT2D eigenvalue weighted by atomic mass is 10.0. The van der Waals surface area contributed by atoms with Gasteiger partial charge in [0.05, 0.1) is 26.5 Å². The van der Waals surface area contributed by atoms with Crippen LogP contribution in [0.25, 0.3) is 0 Å². The fourth-order valence-corrected chi connectivity index (χ4v) is 2.31. The number of ether oxygens (including phenoxy) is 2. The molecule has 3 N–H and O–H groups in total. The molecule has 0 spiro atoms. The smallest absolute Gasteiger partial charge is 0.124 e. The molecule has 2 aromatic rings. The van der Waals surface area contributed by atoms with E-state index in [-0.39, 0.29) is 6.04 Å². The second-order valence-electron chi connectivity index (χ2n) is 4.74. The Hall–Kier alpha value is -2.05. The Morgan fingerprint density at radius 2 is 2.14 bits per heavy atom. The summed E-state index contributed by atoms with van der Waals surface area (Å²) in [6.07, 6.45) is 4.84. The van der Waals surface area contributed by atoms with E-state index in [0.29, 0.717) is 0 Å². The van der Waals surface area contributed by atoms with E-state index in [2.05, 4.69) is 17.4 Å². The Morgan fingerprint density at radius 1 is 1.33 bits per heavy atom. The number of rotatable bonds is 7. The number of nitrogens with zero attached hydrogens (tertiary/aromatic N) is 2. The zero-order chi connectivity index (χ0) is 15.2. The van der Waals surface area contributed by atoms with Gasteiger partial charge in [-0.25, -0.2) is 5.43 Å². The number of aryl methyl sites for hydroxylation is 1. The van der Waals surface area contributed by atoms with Crippen LogP contribution in [0, 0.1) is 0 Å². The van der Waals surface area contributed by atoms with Crippen molar-refractivity contribution in [1.29, 1.82) is 0 Å². The number of hydrogen-bond acceptors (Lipinski definition) is 5. The highest BCUT2D eigenvalue weighted by atomic mass is 16.5. The van der Waals surface area contributed by atoms with Gasteiger partial charge in [0.2, 0.25) is 0 Å². The summed E-state index contributed by atoms with van der Waals surface area (Å²) in [4.78, 5) is 0. The molecule has 2 rings (SSSR count). The van der Waals surface area contributed by atoms with Crippen molar-refractivity contribution < 1.29 is 9.47 Å². The molecule has 0 aliphatic heterocycles. The minimum Gasteiger partial charge on any atom is -0.497 e. The number of hydrazine groups is 1. The Labute approximate surface area is 124 Å². The van der Waals surface area contributed by atoms with E-state index in [4.69, 9.17) is 15.3 Å². The number of benzene rings is 1. The molecular weight excluding hydrogens is 268 g/mol. The van der Waals surface area contributed by atoms with E-state index in [1.54, 1.807) is 14.2 Å². The minimum absolute atomic E-state index is 0.208. The molecule has 0 saturated heterocycles. The highest BCUT2D eigenvalue weighted by Crippen LogP contribution is 2.32. The summed E-state index contributed by atoms with van der Waals surface area (Å²) in [5.74, 6) is 7.26. The predicted octanol–water partition coefficient (Wildman–Crippen LogP) is 1.86. The molecule has 1 unspecified atom stereocenters. The minimum atomic E-state index is -0.208. The molecule has 0 radical (unpaired) electrons. The van der Waals surface area contributed by atoms with E-state index in [0.717, 1.165) is 35.6 Å². The van der Waals surface area contributed by atoms with Gasteiger partial charge in [-0.05, 0) is 24.6 Å². The summed E-state index contributed by atoms with van der Waals surface area (Å²) in [6.45, 7) is 3.00. The third-order valence-electron chi connectivity index (χ3n) is 3.35. The third-order valence-corrected chi connectivity index (χ3v) is 3.35. The van der Waals surface area contributed by atoms with Gasteiger partial charge < -0.3 is 9.47 Å². The Bertz CT molecular complexity index is 583. The summed E-state index contributed by atoms with van der Waals surface area (Å²) < 4.78 is 12.6. The maximum atomic E-state index is 5.75. The normalized spacial score (nSPS) is 12.2. The quantitative estimate of drug-likeness (QED) is 0.601. The van der Waals surface area contributed by atoms with Gasteiger partial charge in [-0.15, -0.1) is 0 Å². The molecular formula is C15H22N4O2. The molecule has 6 heteroatoms. The largest absolute Gasteiger partial charge is 0.497 e. The van der Waals surface area contributed by atoms with E-state index >= 15 is 0 Å². The predicted molar refractivity (Wildman–Crippen MR) is 81.2 cm³/mol. The molecule has 1 heterocycles. The number of methoxy groups -OCH3 is 2. The summed E-state index contributed by atoms with van der Waals surface area (Å²) in [5.41, 5.74) is 4.72. The van der Waals surface area contributed by atoms with Crippen molar-refractivity contribution in [2.45, 2.75) is 25.9 Å². The molecule has 1 aromatic carbocycles. The molecule has 6 nitrogen and oxygen atoms in total. The van der Waals surface area contributed by atoms with E-state index in [1.807, 2.05) is 35.3 Å². The van der Waals surface area contributed by atoms with Gasteiger partial charge in [0, 0.05) is 23.9 Å². The maximum Gasteiger partial charge on any atom is 0.124 e. The fourth-order valence-electron chi connectivity index (χ4n) is 2.31. The Morgan fingerprint density at radius 3 is 2.76 bits per heavy atom. The topological polar surface area (TPSA) is 74.3 Å². The van der Waals surface area contributed by atoms with Crippen molar-refractivity contribution >= 4 is 0 Å². The first-order chi connectivity index (χ1) is 10.2. The molecule has 21 heavy (non-hydrogen) atoms. The maximum absolute atomic E-state index is 5.75. The van der Waals surface area contributed by atoms with Crippen LogP contribution in [-0.4, -0.2) is 24.0 Å². The van der Waals surface area contributed by atoms with Crippen LogP contribution in [0.5, 0.6) is 11.5 Å². The van der Waals surface area contributed by atoms with Gasteiger partial charge in [0.15, 0.2) is 0 Å². The number of nitrogens with one attached hydrogen (secondary N) is 1. The van der Waals surface area contributed by atoms with Crippen molar-refractivity contribution in [3.8, 4) is 11.5 Å². The van der Waals surface area contributed by atoms with E-state index in [1.165, 1.54) is 0 Å². The lowest BCUT2D eigenvalue weighted by molar-refractivity contribution is 0.394. The fraction of sp³-hybridized carbons (Fsp3) is 0.400. The van der Waals surface area contributed by atoms with Crippen molar-refractivity contribution in [1.82, 2.24) is 15.2 Å². The van der Waals surface area contributed by atoms with Crippen molar-refractivity contribution in [2.75, 3.05) is 14.2 Å². The zero-order valence-electron chi connectivity index (χ0n) is 12.7. The molecule has 114 valence electrons. The lowest BCUT2D eigenvalue weighted by Crippen LogP contribution is -2.29. The average molecular weight is 290 g/mol. The highest BCUT2D eigenvalue weighted by Gasteiger charge is 2.19. The molecule has 0 fully saturated rings. The van der Waals surface area contributed by atoms with Crippen molar-refractivity contribution in [3.05, 3.63) is 41.7 Å². The molecule has 0 aliphatic carbocycles. The molecule has 0 amide bonds. The van der Waals surface area contributed by atoms with Gasteiger partial charge >= 0.3 is 0 Å². The van der Waals surface area contributed by atoms with Crippen LogP contribution in [0.3, 0.4) is 0 Å². The second-order valence-corrected chi connectivity index (χ2v) is 4.74. The van der Waals surface area contributed by atoms with Gasteiger partial charge in [0.1, 0.15) is 11.5 Å². The first-order valence-corrected chi connectivity index (χ1v) is 6.93. The number of hydrogen-bond donors (Lipinski definition) is 2. The van der Waals surface area contributed by atoms with Crippen molar-refractivity contribution in [3.63, 3.8) is 0 Å². The second kappa shape index (κ2) is 7.10. The van der Waals surface area contributed by atoms with Crippen LogP contribution >= 0.6 is 0 Å². The number of aromatic nitrogens is 2. The van der Waals surface area contributed by atoms with Crippen molar-refractivity contribution in [2.24, 2.45) is 5.84 Å². The standard InChI is InChI=1S/C15H22N4O2/c1-4-7-19-10-11(9-17-19)15(18-16)13-8-12(20-2)5-6-14(13)21-3/h5-6,8-10,15,18H,4,7,16H2,1-3H3. The molecule has 1 aromatic heterocycles. The monoisotopic (exact) mass is 290 g/mol. The van der Waals surface area contributed by atoms with Crippen LogP contribution < -0.4 is 20.7 Å². The van der Waals surface area contributed by atoms with Gasteiger partial charge in [-0.3, -0.25) is 10.5 Å². The molecule has 0 aliphatic rings. The van der Waals surface area contributed by atoms with Gasteiger partial charge in [0.25, 0.3) is 0 Å². The Kier molecular flexibility index (Phi) is 5.19. The van der Waals surface area contributed by atoms with Gasteiger partial charge in [-0.2, -0.15) is 5.10 Å².